The van der Waals surface area contributed by atoms with Crippen LogP contribution in [0, 0.1) is 0 Å². The van der Waals surface area contributed by atoms with Crippen molar-refractivity contribution < 1.29 is 9.53 Å². The predicted octanol–water partition coefficient (Wildman–Crippen LogP) is 5.59. The number of ether oxygens (including phenoxy) is 1. The Labute approximate surface area is 155 Å². The molecule has 0 fully saturated rings. The predicted molar refractivity (Wildman–Crippen MR) is 106 cm³/mol. The maximum atomic E-state index is 12.5. The fraction of sp³-hybridized carbons (Fsp3) is 0.0455. The molecule has 0 saturated heterocycles. The first-order valence-corrected chi connectivity index (χ1v) is 8.63. The van der Waals surface area contributed by atoms with Crippen LogP contribution in [0.3, 0.4) is 0 Å². The lowest BCUT2D eigenvalue weighted by Crippen LogP contribution is -2.07. The van der Waals surface area contributed by atoms with Crippen molar-refractivity contribution in [3.8, 4) is 0 Å². The van der Waals surface area contributed by atoms with E-state index in [0.717, 1.165) is 27.1 Å². The van der Waals surface area contributed by atoms with Crippen LogP contribution in [0.25, 0.3) is 21.5 Å². The monoisotopic (exact) mass is 361 g/mol. The lowest BCUT2D eigenvalue weighted by atomic mass is 9.97. The fourth-order valence-corrected chi connectivity index (χ4v) is 3.37. The van der Waals surface area contributed by atoms with Crippen LogP contribution in [0.4, 0.5) is 5.69 Å². The van der Waals surface area contributed by atoms with E-state index in [1.165, 1.54) is 6.07 Å². The van der Waals surface area contributed by atoms with E-state index in [1.54, 1.807) is 12.1 Å². The molecule has 0 aliphatic rings. The molecule has 0 amide bonds. The first-order valence-electron chi connectivity index (χ1n) is 8.25. The second kappa shape index (κ2) is 6.70. The van der Waals surface area contributed by atoms with Crippen LogP contribution in [-0.2, 0) is 11.3 Å². The number of hydrogen-bond donors (Lipinski definition) is 1. The number of hydrogen-bond acceptors (Lipinski definition) is 3. The molecule has 0 spiro atoms. The van der Waals surface area contributed by atoms with Gasteiger partial charge in [0.15, 0.2) is 0 Å². The molecule has 0 atom stereocenters. The van der Waals surface area contributed by atoms with Crippen LogP contribution in [-0.4, -0.2) is 5.97 Å². The van der Waals surface area contributed by atoms with Gasteiger partial charge in [-0.05, 0) is 45.8 Å². The van der Waals surface area contributed by atoms with E-state index in [1.807, 2.05) is 36.4 Å². The third kappa shape index (κ3) is 2.98. The van der Waals surface area contributed by atoms with Gasteiger partial charge >= 0.3 is 5.97 Å². The summed E-state index contributed by atoms with van der Waals surface area (Å²) in [5.74, 6) is -0.487. The van der Waals surface area contributed by atoms with E-state index < -0.39 is 5.97 Å². The summed E-state index contributed by atoms with van der Waals surface area (Å²) in [6, 6.07) is 23.1. The summed E-state index contributed by atoms with van der Waals surface area (Å²) in [7, 11) is 0. The minimum atomic E-state index is -0.487. The summed E-state index contributed by atoms with van der Waals surface area (Å²) in [6.45, 7) is 0.159. The molecule has 0 unspecified atom stereocenters. The number of esters is 1. The zero-order valence-corrected chi connectivity index (χ0v) is 14.7. The van der Waals surface area contributed by atoms with Gasteiger partial charge in [-0.25, -0.2) is 4.79 Å². The number of benzene rings is 4. The lowest BCUT2D eigenvalue weighted by molar-refractivity contribution is 0.0476. The van der Waals surface area contributed by atoms with Crippen molar-refractivity contribution in [2.75, 3.05) is 5.73 Å². The van der Waals surface area contributed by atoms with E-state index in [4.69, 9.17) is 22.1 Å². The van der Waals surface area contributed by atoms with Crippen LogP contribution in [0.15, 0.2) is 72.8 Å². The maximum absolute atomic E-state index is 12.5. The Kier molecular flexibility index (Phi) is 4.23. The van der Waals surface area contributed by atoms with E-state index in [-0.39, 0.29) is 12.2 Å². The van der Waals surface area contributed by atoms with Crippen molar-refractivity contribution in [3.05, 3.63) is 88.9 Å². The second-order valence-corrected chi connectivity index (χ2v) is 6.52. The normalized spacial score (nSPS) is 11.0. The highest BCUT2D eigenvalue weighted by molar-refractivity contribution is 6.33. The van der Waals surface area contributed by atoms with E-state index in [9.17, 15) is 4.79 Å². The van der Waals surface area contributed by atoms with Gasteiger partial charge in [0, 0.05) is 11.3 Å². The van der Waals surface area contributed by atoms with Gasteiger partial charge in [0.1, 0.15) is 6.61 Å². The summed E-state index contributed by atoms with van der Waals surface area (Å²) in [6.07, 6.45) is 0. The van der Waals surface area contributed by atoms with Gasteiger partial charge in [-0.15, -0.1) is 0 Å². The Morgan fingerprint density at radius 2 is 1.50 bits per heavy atom. The van der Waals surface area contributed by atoms with E-state index in [0.29, 0.717) is 10.7 Å². The number of rotatable bonds is 3. The molecule has 4 aromatic carbocycles. The average Bonchev–Trinajstić information content (AvgIpc) is 2.66. The van der Waals surface area contributed by atoms with Crippen LogP contribution < -0.4 is 5.73 Å². The van der Waals surface area contributed by atoms with Crippen molar-refractivity contribution in [2.45, 2.75) is 6.61 Å². The second-order valence-electron chi connectivity index (χ2n) is 6.11. The summed E-state index contributed by atoms with van der Waals surface area (Å²) >= 11 is 6.11. The van der Waals surface area contributed by atoms with Crippen molar-refractivity contribution in [1.29, 1.82) is 0 Å². The first-order chi connectivity index (χ1) is 12.6. The van der Waals surface area contributed by atoms with E-state index >= 15 is 0 Å². The molecule has 0 aromatic heterocycles. The first kappa shape index (κ1) is 16.4. The SMILES string of the molecule is Nc1ccc(Cl)c(C(=O)OCc2c3ccccc3cc3ccccc23)c1. The van der Waals surface area contributed by atoms with Gasteiger partial charge in [-0.3, -0.25) is 0 Å². The van der Waals surface area contributed by atoms with E-state index in [2.05, 4.69) is 18.2 Å². The van der Waals surface area contributed by atoms with Crippen molar-refractivity contribution >= 4 is 44.8 Å². The summed E-state index contributed by atoms with van der Waals surface area (Å²) in [4.78, 5) is 12.5. The van der Waals surface area contributed by atoms with Crippen molar-refractivity contribution in [1.82, 2.24) is 0 Å². The highest BCUT2D eigenvalue weighted by Gasteiger charge is 2.14. The molecule has 2 N–H and O–H groups in total. The molecule has 128 valence electrons. The van der Waals surface area contributed by atoms with Gasteiger partial charge < -0.3 is 10.5 Å². The Morgan fingerprint density at radius 1 is 0.885 bits per heavy atom. The molecule has 0 bridgehead atoms. The third-order valence-corrected chi connectivity index (χ3v) is 4.77. The lowest BCUT2D eigenvalue weighted by Gasteiger charge is -2.13. The zero-order valence-electron chi connectivity index (χ0n) is 13.9. The number of anilines is 1. The Hall–Kier alpha value is -3.04. The standard InChI is InChI=1S/C22H16ClNO2/c23-21-10-9-16(24)12-19(21)22(25)26-13-20-17-7-3-1-5-14(17)11-15-6-2-4-8-18(15)20/h1-12H,13,24H2. The van der Waals surface area contributed by atoms with Gasteiger partial charge in [-0.1, -0.05) is 60.1 Å². The molecule has 0 aliphatic carbocycles. The van der Waals surface area contributed by atoms with Gasteiger partial charge in [0.05, 0.1) is 10.6 Å². The molecule has 0 radical (unpaired) electrons. The molecular weight excluding hydrogens is 346 g/mol. The molecule has 26 heavy (non-hydrogen) atoms. The highest BCUT2D eigenvalue weighted by Crippen LogP contribution is 2.29. The number of carbonyl (C=O) groups is 1. The smallest absolute Gasteiger partial charge is 0.340 e. The molecule has 4 rings (SSSR count). The zero-order chi connectivity index (χ0) is 18.1. The van der Waals surface area contributed by atoms with Gasteiger partial charge in [0.25, 0.3) is 0 Å². The number of fused-ring (bicyclic) bond motifs is 2. The minimum absolute atomic E-state index is 0.159. The third-order valence-electron chi connectivity index (χ3n) is 4.44. The van der Waals surface area contributed by atoms with Crippen LogP contribution in [0.5, 0.6) is 0 Å². The number of nitrogen functional groups attached to an aromatic ring is 1. The summed E-state index contributed by atoms with van der Waals surface area (Å²) in [5, 5.41) is 4.68. The number of carbonyl (C=O) groups excluding carboxylic acids is 1. The minimum Gasteiger partial charge on any atom is -0.457 e. The molecule has 4 aromatic rings. The fourth-order valence-electron chi connectivity index (χ4n) is 3.18. The summed E-state index contributed by atoms with van der Waals surface area (Å²) < 4.78 is 5.59. The van der Waals surface area contributed by atoms with Crippen molar-refractivity contribution in [2.24, 2.45) is 0 Å². The van der Waals surface area contributed by atoms with Crippen LogP contribution in [0.2, 0.25) is 5.02 Å². The number of halogens is 1. The molecule has 0 aliphatic heterocycles. The van der Waals surface area contributed by atoms with Crippen molar-refractivity contribution in [3.63, 3.8) is 0 Å². The van der Waals surface area contributed by atoms with Gasteiger partial charge in [-0.2, -0.15) is 0 Å². The van der Waals surface area contributed by atoms with Crippen LogP contribution in [0.1, 0.15) is 15.9 Å². The molecule has 0 saturated carbocycles. The number of nitrogens with two attached hydrogens (primary N) is 1. The van der Waals surface area contributed by atoms with Gasteiger partial charge in [0.2, 0.25) is 0 Å². The molecular formula is C22H16ClNO2. The Balaban J connectivity index is 1.74. The Bertz CT molecular complexity index is 1080. The topological polar surface area (TPSA) is 52.3 Å². The Morgan fingerprint density at radius 3 is 2.15 bits per heavy atom. The highest BCUT2D eigenvalue weighted by atomic mass is 35.5. The molecule has 0 heterocycles. The molecule has 4 heteroatoms. The largest absolute Gasteiger partial charge is 0.457 e. The maximum Gasteiger partial charge on any atom is 0.340 e. The van der Waals surface area contributed by atoms with Crippen LogP contribution >= 0.6 is 11.6 Å². The molecule has 3 nitrogen and oxygen atoms in total. The quantitative estimate of drug-likeness (QED) is 0.294. The summed E-state index contributed by atoms with van der Waals surface area (Å²) in [5.41, 5.74) is 7.48. The average molecular weight is 362 g/mol.